The van der Waals surface area contributed by atoms with Crippen molar-refractivity contribution in [3.05, 3.63) is 35.1 Å². The van der Waals surface area contributed by atoms with Gasteiger partial charge in [0, 0.05) is 6.42 Å². The van der Waals surface area contributed by atoms with E-state index in [9.17, 15) is 9.18 Å². The van der Waals surface area contributed by atoms with Gasteiger partial charge in [-0.25, -0.2) is 4.39 Å². The van der Waals surface area contributed by atoms with Gasteiger partial charge in [0.15, 0.2) is 0 Å². The van der Waals surface area contributed by atoms with Gasteiger partial charge in [-0.1, -0.05) is 12.1 Å². The second-order valence-electron chi connectivity index (χ2n) is 2.98. The molecule has 0 spiro atoms. The minimum atomic E-state index is -0.832. The number of hydrogen-bond acceptors (Lipinski definition) is 1. The molecule has 0 unspecified atom stereocenters. The summed E-state index contributed by atoms with van der Waals surface area (Å²) >= 11 is 0. The van der Waals surface area contributed by atoms with Crippen LogP contribution in [0.2, 0.25) is 0 Å². The lowest BCUT2D eigenvalue weighted by Crippen LogP contribution is -1.98. The number of halogens is 1. The topological polar surface area (TPSA) is 37.3 Å². The van der Waals surface area contributed by atoms with Crippen LogP contribution in [0.3, 0.4) is 0 Å². The molecule has 0 aromatic heterocycles. The van der Waals surface area contributed by atoms with Gasteiger partial charge in [0.2, 0.25) is 0 Å². The van der Waals surface area contributed by atoms with Crippen LogP contribution in [0, 0.1) is 12.7 Å². The highest BCUT2D eigenvalue weighted by Crippen LogP contribution is 2.10. The molecule has 0 bridgehead atoms. The molecular weight excluding hydrogens is 171 g/mol. The predicted octanol–water partition coefficient (Wildman–Crippen LogP) is 2.15. The Bertz CT molecular complexity index is 321. The van der Waals surface area contributed by atoms with Gasteiger partial charge in [0.25, 0.3) is 0 Å². The third kappa shape index (κ3) is 2.86. The summed E-state index contributed by atoms with van der Waals surface area (Å²) in [4.78, 5) is 10.3. The molecule has 1 N–H and O–H groups in total. The van der Waals surface area contributed by atoms with E-state index in [1.165, 1.54) is 6.07 Å². The van der Waals surface area contributed by atoms with Crippen LogP contribution >= 0.6 is 0 Å². The van der Waals surface area contributed by atoms with Gasteiger partial charge in [-0.05, 0) is 30.5 Å². The fraction of sp³-hybridized carbons (Fsp3) is 0.300. The van der Waals surface area contributed by atoms with Gasteiger partial charge in [-0.2, -0.15) is 0 Å². The molecule has 0 amide bonds. The summed E-state index contributed by atoms with van der Waals surface area (Å²) in [6, 6.07) is 4.66. The third-order valence-corrected chi connectivity index (χ3v) is 1.85. The molecule has 0 radical (unpaired) electrons. The summed E-state index contributed by atoms with van der Waals surface area (Å²) in [7, 11) is 0. The van der Waals surface area contributed by atoms with E-state index in [0.717, 1.165) is 5.56 Å². The zero-order valence-corrected chi connectivity index (χ0v) is 7.38. The van der Waals surface area contributed by atoms with Crippen molar-refractivity contribution in [1.82, 2.24) is 0 Å². The molecule has 3 heteroatoms. The van der Waals surface area contributed by atoms with Gasteiger partial charge in [0.1, 0.15) is 5.82 Å². The average molecular weight is 182 g/mol. The first-order valence-electron chi connectivity index (χ1n) is 4.06. The van der Waals surface area contributed by atoms with Gasteiger partial charge in [-0.15, -0.1) is 0 Å². The quantitative estimate of drug-likeness (QED) is 0.777. The van der Waals surface area contributed by atoms with Crippen molar-refractivity contribution in [2.24, 2.45) is 0 Å². The number of benzene rings is 1. The molecule has 0 saturated carbocycles. The maximum absolute atomic E-state index is 12.8. The molecule has 2 nitrogen and oxygen atoms in total. The maximum Gasteiger partial charge on any atom is 0.303 e. The molecule has 1 aromatic rings. The number of rotatable bonds is 3. The van der Waals surface area contributed by atoms with Crippen LogP contribution < -0.4 is 0 Å². The highest BCUT2D eigenvalue weighted by molar-refractivity contribution is 5.67. The lowest BCUT2D eigenvalue weighted by Gasteiger charge is -2.01. The normalized spacial score (nSPS) is 10.0. The molecular formula is C10H11FO2. The number of aliphatic carboxylic acids is 1. The number of carbonyl (C=O) groups is 1. The van der Waals surface area contributed by atoms with Crippen molar-refractivity contribution in [1.29, 1.82) is 0 Å². The first kappa shape index (κ1) is 9.71. The highest BCUT2D eigenvalue weighted by Gasteiger charge is 2.01. The van der Waals surface area contributed by atoms with Gasteiger partial charge in [-0.3, -0.25) is 4.79 Å². The predicted molar refractivity (Wildman–Crippen MR) is 47.1 cm³/mol. The SMILES string of the molecule is Cc1cc(CCC(=O)O)ccc1F. The number of carboxylic acids is 1. The molecule has 0 aliphatic rings. The van der Waals surface area contributed by atoms with E-state index in [1.54, 1.807) is 19.1 Å². The zero-order valence-electron chi connectivity index (χ0n) is 7.38. The highest BCUT2D eigenvalue weighted by atomic mass is 19.1. The Morgan fingerprint density at radius 1 is 1.54 bits per heavy atom. The first-order chi connectivity index (χ1) is 6.09. The van der Waals surface area contributed by atoms with Crippen molar-refractivity contribution in [2.75, 3.05) is 0 Å². The number of carboxylic acid groups (broad SMARTS) is 1. The van der Waals surface area contributed by atoms with Gasteiger partial charge in [0.05, 0.1) is 0 Å². The first-order valence-corrected chi connectivity index (χ1v) is 4.06. The molecule has 0 aliphatic carbocycles. The van der Waals surface area contributed by atoms with Crippen molar-refractivity contribution in [2.45, 2.75) is 19.8 Å². The monoisotopic (exact) mass is 182 g/mol. The Morgan fingerprint density at radius 3 is 2.77 bits per heavy atom. The third-order valence-electron chi connectivity index (χ3n) is 1.85. The molecule has 1 rings (SSSR count). The molecule has 0 fully saturated rings. The fourth-order valence-electron chi connectivity index (χ4n) is 1.11. The average Bonchev–Trinajstić information content (AvgIpc) is 2.07. The van der Waals surface area contributed by atoms with E-state index < -0.39 is 5.97 Å². The Kier molecular flexibility index (Phi) is 3.01. The standard InChI is InChI=1S/C10H11FO2/c1-7-6-8(2-4-9(7)11)3-5-10(12)13/h2,4,6H,3,5H2,1H3,(H,12,13). The van der Waals surface area contributed by atoms with Gasteiger partial charge < -0.3 is 5.11 Å². The lowest BCUT2D eigenvalue weighted by atomic mass is 10.1. The second kappa shape index (κ2) is 4.03. The molecule has 13 heavy (non-hydrogen) atoms. The largest absolute Gasteiger partial charge is 0.481 e. The van der Waals surface area contributed by atoms with E-state index in [-0.39, 0.29) is 12.2 Å². The smallest absolute Gasteiger partial charge is 0.303 e. The molecule has 70 valence electrons. The summed E-state index contributed by atoms with van der Waals surface area (Å²) < 4.78 is 12.8. The zero-order chi connectivity index (χ0) is 9.84. The maximum atomic E-state index is 12.8. The van der Waals surface area contributed by atoms with Crippen LogP contribution in [0.1, 0.15) is 17.5 Å². The van der Waals surface area contributed by atoms with Crippen molar-refractivity contribution >= 4 is 5.97 Å². The van der Waals surface area contributed by atoms with Crippen molar-refractivity contribution in [3.8, 4) is 0 Å². The van der Waals surface area contributed by atoms with E-state index in [1.807, 2.05) is 0 Å². The minimum absolute atomic E-state index is 0.0884. The van der Waals surface area contributed by atoms with Crippen molar-refractivity contribution in [3.63, 3.8) is 0 Å². The Labute approximate surface area is 76.0 Å². The summed E-state index contributed by atoms with van der Waals surface area (Å²) in [6.07, 6.45) is 0.543. The summed E-state index contributed by atoms with van der Waals surface area (Å²) in [6.45, 7) is 1.67. The van der Waals surface area contributed by atoms with Crippen LogP contribution in [-0.4, -0.2) is 11.1 Å². The molecule has 1 aromatic carbocycles. The van der Waals surface area contributed by atoms with E-state index in [2.05, 4.69) is 0 Å². The molecule has 0 heterocycles. The minimum Gasteiger partial charge on any atom is -0.481 e. The Morgan fingerprint density at radius 2 is 2.23 bits per heavy atom. The Balaban J connectivity index is 2.68. The van der Waals surface area contributed by atoms with Crippen LogP contribution in [0.5, 0.6) is 0 Å². The lowest BCUT2D eigenvalue weighted by molar-refractivity contribution is -0.136. The number of aryl methyl sites for hydroxylation is 2. The summed E-state index contributed by atoms with van der Waals surface area (Å²) in [5, 5.41) is 8.42. The summed E-state index contributed by atoms with van der Waals surface area (Å²) in [5.41, 5.74) is 1.42. The molecule has 0 saturated heterocycles. The van der Waals surface area contributed by atoms with Crippen LogP contribution in [0.25, 0.3) is 0 Å². The Hall–Kier alpha value is -1.38. The number of hydrogen-bond donors (Lipinski definition) is 1. The van der Waals surface area contributed by atoms with E-state index >= 15 is 0 Å². The molecule has 0 aliphatic heterocycles. The van der Waals surface area contributed by atoms with E-state index in [0.29, 0.717) is 12.0 Å². The van der Waals surface area contributed by atoms with Gasteiger partial charge >= 0.3 is 5.97 Å². The van der Waals surface area contributed by atoms with Crippen LogP contribution in [0.4, 0.5) is 4.39 Å². The van der Waals surface area contributed by atoms with Crippen molar-refractivity contribution < 1.29 is 14.3 Å². The molecule has 0 atom stereocenters. The van der Waals surface area contributed by atoms with E-state index in [4.69, 9.17) is 5.11 Å². The van der Waals surface area contributed by atoms with Crippen LogP contribution in [-0.2, 0) is 11.2 Å². The van der Waals surface area contributed by atoms with Crippen LogP contribution in [0.15, 0.2) is 18.2 Å². The second-order valence-corrected chi connectivity index (χ2v) is 2.98. The summed E-state index contributed by atoms with van der Waals surface area (Å²) in [5.74, 6) is -1.08. The fourth-order valence-corrected chi connectivity index (χ4v) is 1.11.